The quantitative estimate of drug-likeness (QED) is 0.626. The summed E-state index contributed by atoms with van der Waals surface area (Å²) in [4.78, 5) is 0. The van der Waals surface area contributed by atoms with Crippen LogP contribution in [-0.4, -0.2) is 48.4 Å². The van der Waals surface area contributed by atoms with Gasteiger partial charge in [0.05, 0.1) is 20.8 Å². The number of rotatable bonds is 8. The molecular formula is C20H24O6. The molecule has 0 radical (unpaired) electrons. The number of epoxide rings is 1. The zero-order valence-electron chi connectivity index (χ0n) is 14.9. The van der Waals surface area contributed by atoms with Crippen molar-refractivity contribution >= 4 is 0 Å². The second-order valence-corrected chi connectivity index (χ2v) is 6.63. The van der Waals surface area contributed by atoms with E-state index in [2.05, 4.69) is 0 Å². The Balaban J connectivity index is 1.77. The fourth-order valence-corrected chi connectivity index (χ4v) is 3.30. The molecule has 3 N–H and O–H groups in total. The number of aliphatic hydroxyl groups is 1. The van der Waals surface area contributed by atoms with Gasteiger partial charge in [-0.25, -0.2) is 0 Å². The van der Waals surface area contributed by atoms with Gasteiger partial charge in [0.2, 0.25) is 0 Å². The number of hydrogen-bond donors (Lipinski definition) is 3. The predicted molar refractivity (Wildman–Crippen MR) is 96.0 cm³/mol. The number of phenolic OH excluding ortho intramolecular Hbond substituents is 2. The number of hydrogen-bond acceptors (Lipinski definition) is 6. The first-order valence-corrected chi connectivity index (χ1v) is 8.48. The fourth-order valence-electron chi connectivity index (χ4n) is 3.30. The van der Waals surface area contributed by atoms with Gasteiger partial charge in [0, 0.05) is 18.9 Å². The summed E-state index contributed by atoms with van der Waals surface area (Å²) in [6.45, 7) is 0.551. The van der Waals surface area contributed by atoms with Crippen LogP contribution in [0.2, 0.25) is 0 Å². The molecule has 3 rings (SSSR count). The number of ether oxygens (including phenoxy) is 3. The standard InChI is InChI=1S/C20H24O6/c1-24-18-8-13(3-5-16(18)22)7-15(11-21)20(12-26-20)10-14-4-6-17(23)19(9-14)25-2/h3-6,8-9,15,21-23H,7,10-12H2,1-2H3. The molecule has 0 amide bonds. The highest BCUT2D eigenvalue weighted by Gasteiger charge is 2.51. The average molecular weight is 360 g/mol. The van der Waals surface area contributed by atoms with Crippen LogP contribution in [0.25, 0.3) is 0 Å². The Morgan fingerprint density at radius 1 is 1.00 bits per heavy atom. The summed E-state index contributed by atoms with van der Waals surface area (Å²) >= 11 is 0. The van der Waals surface area contributed by atoms with Crippen LogP contribution in [0, 0.1) is 5.92 Å². The first-order chi connectivity index (χ1) is 12.5. The maximum Gasteiger partial charge on any atom is 0.160 e. The molecule has 140 valence electrons. The summed E-state index contributed by atoms with van der Waals surface area (Å²) in [5, 5.41) is 29.4. The molecule has 2 atom stereocenters. The van der Waals surface area contributed by atoms with Crippen molar-refractivity contribution in [2.45, 2.75) is 18.4 Å². The van der Waals surface area contributed by atoms with Crippen molar-refractivity contribution in [2.24, 2.45) is 5.92 Å². The first kappa shape index (κ1) is 18.4. The van der Waals surface area contributed by atoms with Crippen LogP contribution in [0.1, 0.15) is 11.1 Å². The lowest BCUT2D eigenvalue weighted by molar-refractivity contribution is 0.133. The summed E-state index contributed by atoms with van der Waals surface area (Å²) in [6.07, 6.45) is 1.21. The lowest BCUT2D eigenvalue weighted by atomic mass is 9.83. The van der Waals surface area contributed by atoms with Crippen LogP contribution in [0.4, 0.5) is 0 Å². The highest BCUT2D eigenvalue weighted by Crippen LogP contribution is 2.42. The lowest BCUT2D eigenvalue weighted by Gasteiger charge is -2.23. The van der Waals surface area contributed by atoms with E-state index in [0.29, 0.717) is 30.9 Å². The van der Waals surface area contributed by atoms with Gasteiger partial charge >= 0.3 is 0 Å². The van der Waals surface area contributed by atoms with E-state index >= 15 is 0 Å². The molecule has 2 aromatic carbocycles. The molecule has 1 aliphatic rings. The highest BCUT2D eigenvalue weighted by atomic mass is 16.6. The summed E-state index contributed by atoms with van der Waals surface area (Å²) in [5.41, 5.74) is 1.48. The van der Waals surface area contributed by atoms with Crippen LogP contribution in [0.5, 0.6) is 23.0 Å². The van der Waals surface area contributed by atoms with E-state index in [1.807, 2.05) is 12.1 Å². The Bertz CT molecular complexity index is 769. The third kappa shape index (κ3) is 3.71. The minimum atomic E-state index is -0.443. The van der Waals surface area contributed by atoms with Crippen LogP contribution < -0.4 is 9.47 Å². The molecule has 0 saturated carbocycles. The minimum Gasteiger partial charge on any atom is -0.504 e. The van der Waals surface area contributed by atoms with Gasteiger partial charge in [-0.1, -0.05) is 12.1 Å². The SMILES string of the molecule is COc1cc(CC(CO)C2(Cc3ccc(O)c(OC)c3)CO2)ccc1O. The smallest absolute Gasteiger partial charge is 0.160 e. The van der Waals surface area contributed by atoms with E-state index in [4.69, 9.17) is 14.2 Å². The van der Waals surface area contributed by atoms with Gasteiger partial charge in [0.15, 0.2) is 23.0 Å². The molecule has 2 unspecified atom stereocenters. The molecule has 26 heavy (non-hydrogen) atoms. The second kappa shape index (κ2) is 7.43. The van der Waals surface area contributed by atoms with E-state index in [1.165, 1.54) is 14.2 Å². The van der Waals surface area contributed by atoms with Crippen molar-refractivity contribution < 1.29 is 29.5 Å². The van der Waals surface area contributed by atoms with Gasteiger partial charge in [0.1, 0.15) is 5.60 Å². The topological polar surface area (TPSA) is 91.7 Å². The monoisotopic (exact) mass is 360 g/mol. The number of methoxy groups -OCH3 is 2. The van der Waals surface area contributed by atoms with E-state index in [1.54, 1.807) is 24.3 Å². The van der Waals surface area contributed by atoms with Gasteiger partial charge < -0.3 is 29.5 Å². The van der Waals surface area contributed by atoms with Gasteiger partial charge in [-0.2, -0.15) is 0 Å². The molecule has 6 heteroatoms. The molecule has 0 bridgehead atoms. The van der Waals surface area contributed by atoms with Crippen LogP contribution in [0.3, 0.4) is 0 Å². The number of aromatic hydroxyl groups is 2. The van der Waals surface area contributed by atoms with Crippen LogP contribution >= 0.6 is 0 Å². The Morgan fingerprint density at radius 3 is 2.04 bits per heavy atom. The van der Waals surface area contributed by atoms with Crippen molar-refractivity contribution in [1.82, 2.24) is 0 Å². The molecule has 1 heterocycles. The largest absolute Gasteiger partial charge is 0.504 e. The van der Waals surface area contributed by atoms with Crippen molar-refractivity contribution in [3.05, 3.63) is 47.5 Å². The fraction of sp³-hybridized carbons (Fsp3) is 0.400. The maximum atomic E-state index is 9.94. The predicted octanol–water partition coefficient (Wildman–Crippen LogP) is 2.28. The highest BCUT2D eigenvalue weighted by molar-refractivity contribution is 5.43. The van der Waals surface area contributed by atoms with Crippen molar-refractivity contribution in [1.29, 1.82) is 0 Å². The van der Waals surface area contributed by atoms with Gasteiger partial charge in [-0.3, -0.25) is 0 Å². The van der Waals surface area contributed by atoms with Crippen LogP contribution in [0.15, 0.2) is 36.4 Å². The lowest BCUT2D eigenvalue weighted by Crippen LogP contribution is -2.31. The molecule has 6 nitrogen and oxygen atoms in total. The Kier molecular flexibility index (Phi) is 5.25. The van der Waals surface area contributed by atoms with Crippen molar-refractivity contribution in [2.75, 3.05) is 27.4 Å². The van der Waals surface area contributed by atoms with Crippen molar-refractivity contribution in [3.8, 4) is 23.0 Å². The average Bonchev–Trinajstić information content (AvgIpc) is 3.43. The van der Waals surface area contributed by atoms with Crippen LogP contribution in [-0.2, 0) is 17.6 Å². The van der Waals surface area contributed by atoms with Gasteiger partial charge in [-0.15, -0.1) is 0 Å². The van der Waals surface area contributed by atoms with E-state index in [0.717, 1.165) is 11.1 Å². The molecular weight excluding hydrogens is 336 g/mol. The Morgan fingerprint density at radius 2 is 1.54 bits per heavy atom. The molecule has 0 spiro atoms. The maximum absolute atomic E-state index is 9.94. The van der Waals surface area contributed by atoms with E-state index in [-0.39, 0.29) is 24.0 Å². The molecule has 1 aliphatic heterocycles. The van der Waals surface area contributed by atoms with Crippen molar-refractivity contribution in [3.63, 3.8) is 0 Å². The molecule has 1 fully saturated rings. The van der Waals surface area contributed by atoms with Gasteiger partial charge in [-0.05, 0) is 41.8 Å². The molecule has 2 aromatic rings. The number of benzene rings is 2. The third-order valence-corrected chi connectivity index (χ3v) is 4.95. The first-order valence-electron chi connectivity index (χ1n) is 8.48. The summed E-state index contributed by atoms with van der Waals surface area (Å²) in [5.74, 6) is 0.911. The van der Waals surface area contributed by atoms with E-state index < -0.39 is 5.60 Å². The number of aliphatic hydroxyl groups excluding tert-OH is 1. The summed E-state index contributed by atoms with van der Waals surface area (Å²) in [7, 11) is 3.02. The summed E-state index contributed by atoms with van der Waals surface area (Å²) < 4.78 is 16.1. The molecule has 1 saturated heterocycles. The Hall–Kier alpha value is -2.44. The normalized spacial score (nSPS) is 19.8. The second-order valence-electron chi connectivity index (χ2n) is 6.63. The number of phenols is 2. The van der Waals surface area contributed by atoms with Gasteiger partial charge in [0.25, 0.3) is 0 Å². The molecule has 0 aromatic heterocycles. The molecule has 0 aliphatic carbocycles. The van der Waals surface area contributed by atoms with E-state index in [9.17, 15) is 15.3 Å². The Labute approximate surface area is 152 Å². The third-order valence-electron chi connectivity index (χ3n) is 4.95. The minimum absolute atomic E-state index is 0.0155. The summed E-state index contributed by atoms with van der Waals surface area (Å²) in [6, 6.07) is 10.4. The zero-order chi connectivity index (χ0) is 18.7. The zero-order valence-corrected chi connectivity index (χ0v) is 14.9.